The molecular weight excluding hydrogens is 380 g/mol. The maximum absolute atomic E-state index is 13.4. The van der Waals surface area contributed by atoms with Gasteiger partial charge in [-0.05, 0) is 24.3 Å². The Morgan fingerprint density at radius 1 is 0.933 bits per heavy atom. The minimum absolute atomic E-state index is 0.0380. The van der Waals surface area contributed by atoms with Crippen LogP contribution >= 0.6 is 0 Å². The van der Waals surface area contributed by atoms with Crippen molar-refractivity contribution in [3.05, 3.63) is 66.4 Å². The normalized spacial score (nSPS) is 13.9. The number of para-hydroxylation sites is 1. The van der Waals surface area contributed by atoms with Crippen molar-refractivity contribution in [2.75, 3.05) is 33.3 Å². The van der Waals surface area contributed by atoms with E-state index in [1.807, 2.05) is 54.6 Å². The summed E-state index contributed by atoms with van der Waals surface area (Å²) >= 11 is 0. The molecule has 0 radical (unpaired) electrons. The number of methoxy groups -OCH3 is 1. The van der Waals surface area contributed by atoms with E-state index < -0.39 is 0 Å². The van der Waals surface area contributed by atoms with Gasteiger partial charge in [-0.3, -0.25) is 9.59 Å². The number of carbonyl (C=O) groups is 2. The molecule has 30 heavy (non-hydrogen) atoms. The predicted molar refractivity (Wildman–Crippen MR) is 114 cm³/mol. The van der Waals surface area contributed by atoms with E-state index in [4.69, 9.17) is 9.84 Å². The summed E-state index contributed by atoms with van der Waals surface area (Å²) in [5.41, 5.74) is 2.83. The van der Waals surface area contributed by atoms with Crippen LogP contribution in [-0.2, 0) is 4.79 Å². The summed E-state index contributed by atoms with van der Waals surface area (Å²) in [6.07, 6.45) is 1.78. The number of benzene rings is 2. The number of nitrogens with zero attached hydrogens (tertiary/aromatic N) is 4. The van der Waals surface area contributed by atoms with Crippen molar-refractivity contribution in [3.63, 3.8) is 0 Å². The predicted octanol–water partition coefficient (Wildman–Crippen LogP) is 2.85. The highest BCUT2D eigenvalue weighted by molar-refractivity contribution is 6.00. The lowest BCUT2D eigenvalue weighted by molar-refractivity contribution is -0.130. The van der Waals surface area contributed by atoms with Gasteiger partial charge >= 0.3 is 0 Å². The molecule has 7 heteroatoms. The average molecular weight is 404 g/mol. The number of ether oxygens (including phenoxy) is 1. The molecule has 1 aliphatic heterocycles. The van der Waals surface area contributed by atoms with Gasteiger partial charge in [0.05, 0.1) is 18.4 Å². The highest BCUT2D eigenvalue weighted by atomic mass is 16.5. The topological polar surface area (TPSA) is 67.7 Å². The molecule has 2 heterocycles. The maximum Gasteiger partial charge on any atom is 0.257 e. The molecule has 0 saturated carbocycles. The Kier molecular flexibility index (Phi) is 5.52. The smallest absolute Gasteiger partial charge is 0.257 e. The zero-order chi connectivity index (χ0) is 21.1. The summed E-state index contributed by atoms with van der Waals surface area (Å²) in [7, 11) is 1.61. The van der Waals surface area contributed by atoms with E-state index >= 15 is 0 Å². The highest BCUT2D eigenvalue weighted by Crippen LogP contribution is 2.28. The molecule has 154 valence electrons. The number of piperazine rings is 1. The number of rotatable bonds is 4. The van der Waals surface area contributed by atoms with Crippen LogP contribution < -0.4 is 4.74 Å². The quantitative estimate of drug-likeness (QED) is 0.671. The Morgan fingerprint density at radius 2 is 1.63 bits per heavy atom. The number of hydrogen-bond donors (Lipinski definition) is 0. The highest BCUT2D eigenvalue weighted by Gasteiger charge is 2.27. The molecule has 1 fully saturated rings. The van der Waals surface area contributed by atoms with Crippen LogP contribution in [0.3, 0.4) is 0 Å². The Balaban J connectivity index is 1.71. The van der Waals surface area contributed by atoms with Crippen molar-refractivity contribution >= 4 is 11.8 Å². The molecule has 0 N–H and O–H groups in total. The lowest BCUT2D eigenvalue weighted by Gasteiger charge is -2.34. The van der Waals surface area contributed by atoms with Crippen molar-refractivity contribution in [1.82, 2.24) is 19.6 Å². The van der Waals surface area contributed by atoms with Crippen molar-refractivity contribution in [3.8, 4) is 22.7 Å². The number of aromatic nitrogens is 2. The van der Waals surface area contributed by atoms with E-state index in [0.717, 1.165) is 11.3 Å². The van der Waals surface area contributed by atoms with E-state index in [0.29, 0.717) is 43.2 Å². The van der Waals surface area contributed by atoms with Gasteiger partial charge in [0.1, 0.15) is 11.4 Å². The zero-order valence-corrected chi connectivity index (χ0v) is 17.1. The van der Waals surface area contributed by atoms with Crippen LogP contribution in [0.5, 0.6) is 5.75 Å². The summed E-state index contributed by atoms with van der Waals surface area (Å²) in [5.74, 6) is 0.657. The second-order valence-electron chi connectivity index (χ2n) is 7.20. The van der Waals surface area contributed by atoms with E-state index in [-0.39, 0.29) is 11.8 Å². The third-order valence-corrected chi connectivity index (χ3v) is 5.32. The van der Waals surface area contributed by atoms with Crippen LogP contribution in [-0.4, -0.2) is 64.7 Å². The van der Waals surface area contributed by atoms with Crippen LogP contribution in [0.1, 0.15) is 17.3 Å². The van der Waals surface area contributed by atoms with Gasteiger partial charge < -0.3 is 14.5 Å². The van der Waals surface area contributed by atoms with Crippen molar-refractivity contribution in [2.45, 2.75) is 6.92 Å². The third-order valence-electron chi connectivity index (χ3n) is 5.32. The van der Waals surface area contributed by atoms with Gasteiger partial charge in [-0.15, -0.1) is 0 Å². The molecule has 0 atom stereocenters. The minimum atomic E-state index is -0.0850. The molecule has 2 amide bonds. The maximum atomic E-state index is 13.4. The largest absolute Gasteiger partial charge is 0.497 e. The molecular formula is C23H24N4O3. The Morgan fingerprint density at radius 3 is 2.30 bits per heavy atom. The standard InChI is InChI=1S/C23H24N4O3/c1-17(28)25-11-13-26(14-12-25)23(29)21-16-27(19-8-4-3-5-9-19)24-22(21)18-7-6-10-20(15-18)30-2/h3-10,15-16H,11-14H2,1-2H3. The Hall–Kier alpha value is -3.61. The van der Waals surface area contributed by atoms with Gasteiger partial charge in [0, 0.05) is 44.9 Å². The van der Waals surface area contributed by atoms with Crippen LogP contribution in [0.2, 0.25) is 0 Å². The van der Waals surface area contributed by atoms with Gasteiger partial charge in [-0.1, -0.05) is 30.3 Å². The first-order valence-electron chi connectivity index (χ1n) is 9.91. The molecule has 0 bridgehead atoms. The number of carbonyl (C=O) groups excluding carboxylic acids is 2. The summed E-state index contributed by atoms with van der Waals surface area (Å²) in [5, 5.41) is 4.73. The molecule has 1 aromatic heterocycles. The zero-order valence-electron chi connectivity index (χ0n) is 17.1. The first-order valence-corrected chi connectivity index (χ1v) is 9.91. The summed E-state index contributed by atoms with van der Waals surface area (Å²) in [6.45, 7) is 3.66. The summed E-state index contributed by atoms with van der Waals surface area (Å²) in [4.78, 5) is 28.6. The molecule has 4 rings (SSSR count). The summed E-state index contributed by atoms with van der Waals surface area (Å²) < 4.78 is 7.08. The lowest BCUT2D eigenvalue weighted by Crippen LogP contribution is -2.50. The second-order valence-corrected chi connectivity index (χ2v) is 7.20. The number of hydrogen-bond acceptors (Lipinski definition) is 4. The molecule has 1 aliphatic rings. The Labute approximate surface area is 175 Å². The van der Waals surface area contributed by atoms with E-state index in [2.05, 4.69) is 0 Å². The number of amides is 2. The van der Waals surface area contributed by atoms with Crippen molar-refractivity contribution in [1.29, 1.82) is 0 Å². The van der Waals surface area contributed by atoms with E-state index in [1.54, 1.807) is 34.7 Å². The van der Waals surface area contributed by atoms with E-state index in [1.165, 1.54) is 0 Å². The van der Waals surface area contributed by atoms with Crippen LogP contribution in [0.4, 0.5) is 0 Å². The molecule has 0 unspecified atom stereocenters. The fourth-order valence-corrected chi connectivity index (χ4v) is 3.62. The van der Waals surface area contributed by atoms with Crippen LogP contribution in [0.15, 0.2) is 60.8 Å². The summed E-state index contributed by atoms with van der Waals surface area (Å²) in [6, 6.07) is 17.2. The fourth-order valence-electron chi connectivity index (χ4n) is 3.62. The van der Waals surface area contributed by atoms with Crippen molar-refractivity contribution < 1.29 is 14.3 Å². The average Bonchev–Trinajstić information content (AvgIpc) is 3.25. The van der Waals surface area contributed by atoms with Gasteiger partial charge in [0.25, 0.3) is 5.91 Å². The van der Waals surface area contributed by atoms with Gasteiger partial charge in [0.15, 0.2) is 0 Å². The molecule has 0 aliphatic carbocycles. The molecule has 1 saturated heterocycles. The first kappa shape index (κ1) is 19.7. The third kappa shape index (κ3) is 3.91. The van der Waals surface area contributed by atoms with Gasteiger partial charge in [-0.25, -0.2) is 4.68 Å². The fraction of sp³-hybridized carbons (Fsp3) is 0.261. The molecule has 7 nitrogen and oxygen atoms in total. The van der Waals surface area contributed by atoms with Crippen LogP contribution in [0.25, 0.3) is 16.9 Å². The van der Waals surface area contributed by atoms with Crippen molar-refractivity contribution in [2.24, 2.45) is 0 Å². The molecule has 0 spiro atoms. The molecule has 3 aromatic rings. The Bertz CT molecular complexity index is 1050. The first-order chi connectivity index (χ1) is 14.6. The second kappa shape index (κ2) is 8.41. The monoisotopic (exact) mass is 404 g/mol. The minimum Gasteiger partial charge on any atom is -0.497 e. The van der Waals surface area contributed by atoms with Gasteiger partial charge in [-0.2, -0.15) is 5.10 Å². The van der Waals surface area contributed by atoms with Gasteiger partial charge in [0.2, 0.25) is 5.91 Å². The lowest BCUT2D eigenvalue weighted by atomic mass is 10.1. The molecule has 2 aromatic carbocycles. The van der Waals surface area contributed by atoms with Crippen LogP contribution in [0, 0.1) is 0 Å². The van der Waals surface area contributed by atoms with E-state index in [9.17, 15) is 9.59 Å². The SMILES string of the molecule is COc1cccc(-c2nn(-c3ccccc3)cc2C(=O)N2CCN(C(C)=O)CC2)c1.